The molecule has 0 aliphatic carbocycles. The van der Waals surface area contributed by atoms with E-state index in [-0.39, 0.29) is 0 Å². The predicted octanol–water partition coefficient (Wildman–Crippen LogP) is 2.32. The molecule has 0 atom stereocenters. The van der Waals surface area contributed by atoms with Gasteiger partial charge in [-0.05, 0) is 25.6 Å². The number of hydrogen-bond acceptors (Lipinski definition) is 6. The van der Waals surface area contributed by atoms with E-state index in [2.05, 4.69) is 20.8 Å². The molecule has 0 unspecified atom stereocenters. The molecule has 0 fully saturated rings. The monoisotopic (exact) mass is 262 g/mol. The first-order valence-electron chi connectivity index (χ1n) is 6.34. The lowest BCUT2D eigenvalue weighted by atomic mass is 10.3. The van der Waals surface area contributed by atoms with Gasteiger partial charge in [0, 0.05) is 11.8 Å². The average molecular weight is 262 g/mol. The van der Waals surface area contributed by atoms with Crippen LogP contribution in [0.3, 0.4) is 0 Å². The van der Waals surface area contributed by atoms with Crippen molar-refractivity contribution in [1.82, 2.24) is 15.5 Å². The van der Waals surface area contributed by atoms with Gasteiger partial charge < -0.3 is 19.8 Å². The van der Waals surface area contributed by atoms with Crippen LogP contribution >= 0.6 is 0 Å². The summed E-state index contributed by atoms with van der Waals surface area (Å²) in [6.45, 7) is 6.04. The molecular weight excluding hydrogens is 244 g/mol. The quantitative estimate of drug-likeness (QED) is 0.798. The van der Waals surface area contributed by atoms with E-state index >= 15 is 0 Å². The highest BCUT2D eigenvalue weighted by Gasteiger charge is 2.06. The van der Waals surface area contributed by atoms with Gasteiger partial charge in [-0.15, -0.1) is 5.10 Å². The molecule has 6 nitrogen and oxygen atoms in total. The smallest absolute Gasteiger partial charge is 0.320 e. The fraction of sp³-hybridized carbons (Fsp3) is 0.385. The fourth-order valence-corrected chi connectivity index (χ4v) is 1.56. The second kappa shape index (κ2) is 6.75. The molecule has 2 aromatic rings. The van der Waals surface area contributed by atoms with E-state index < -0.39 is 0 Å². The van der Waals surface area contributed by atoms with Crippen molar-refractivity contribution in [3.63, 3.8) is 0 Å². The van der Waals surface area contributed by atoms with E-state index in [1.807, 2.05) is 38.1 Å². The molecule has 0 radical (unpaired) electrons. The summed E-state index contributed by atoms with van der Waals surface area (Å²) in [5.41, 5.74) is 0.851. The van der Waals surface area contributed by atoms with E-state index in [1.165, 1.54) is 0 Å². The first-order chi connectivity index (χ1) is 9.31. The van der Waals surface area contributed by atoms with Gasteiger partial charge >= 0.3 is 6.01 Å². The van der Waals surface area contributed by atoms with Crippen LogP contribution in [0.1, 0.15) is 19.7 Å². The van der Waals surface area contributed by atoms with Crippen molar-refractivity contribution in [1.29, 1.82) is 0 Å². The number of aromatic nitrogens is 2. The molecule has 102 valence electrons. The largest absolute Gasteiger partial charge is 0.494 e. The maximum absolute atomic E-state index is 5.45. The van der Waals surface area contributed by atoms with Gasteiger partial charge in [0.05, 0.1) is 13.2 Å². The Bertz CT molecular complexity index is 513. The molecule has 6 heteroatoms. The Hall–Kier alpha value is -2.08. The van der Waals surface area contributed by atoms with Crippen LogP contribution in [0, 0.1) is 0 Å². The Kier molecular flexibility index (Phi) is 4.74. The van der Waals surface area contributed by atoms with Gasteiger partial charge in [-0.2, -0.15) is 0 Å². The van der Waals surface area contributed by atoms with Crippen LogP contribution in [0.4, 0.5) is 11.7 Å². The van der Waals surface area contributed by atoms with Crippen molar-refractivity contribution in [3.8, 4) is 5.75 Å². The summed E-state index contributed by atoms with van der Waals surface area (Å²) in [5.74, 6) is 1.37. The van der Waals surface area contributed by atoms with E-state index in [0.717, 1.165) is 18.0 Å². The lowest BCUT2D eigenvalue weighted by Gasteiger charge is -2.05. The zero-order valence-electron chi connectivity index (χ0n) is 11.1. The SMILES string of the molecule is CCNCc1nnc(Nc2cccc(OCC)c2)o1. The number of ether oxygens (including phenoxy) is 1. The van der Waals surface area contributed by atoms with Crippen molar-refractivity contribution < 1.29 is 9.15 Å². The predicted molar refractivity (Wildman–Crippen MR) is 72.6 cm³/mol. The molecule has 0 saturated heterocycles. The zero-order valence-corrected chi connectivity index (χ0v) is 11.1. The molecule has 19 heavy (non-hydrogen) atoms. The molecule has 0 aliphatic heterocycles. The van der Waals surface area contributed by atoms with Gasteiger partial charge in [0.15, 0.2) is 0 Å². The summed E-state index contributed by atoms with van der Waals surface area (Å²) in [7, 11) is 0. The van der Waals surface area contributed by atoms with Crippen LogP contribution in [0.5, 0.6) is 5.75 Å². The van der Waals surface area contributed by atoms with Crippen molar-refractivity contribution in [3.05, 3.63) is 30.2 Å². The van der Waals surface area contributed by atoms with Crippen molar-refractivity contribution in [2.24, 2.45) is 0 Å². The van der Waals surface area contributed by atoms with Gasteiger partial charge in [0.2, 0.25) is 5.89 Å². The summed E-state index contributed by atoms with van der Waals surface area (Å²) in [6.07, 6.45) is 0. The minimum Gasteiger partial charge on any atom is -0.494 e. The topological polar surface area (TPSA) is 72.2 Å². The average Bonchev–Trinajstić information content (AvgIpc) is 2.85. The maximum Gasteiger partial charge on any atom is 0.320 e. The first-order valence-corrected chi connectivity index (χ1v) is 6.34. The molecule has 0 spiro atoms. The van der Waals surface area contributed by atoms with Gasteiger partial charge in [-0.3, -0.25) is 0 Å². The van der Waals surface area contributed by atoms with Crippen LogP contribution in [-0.4, -0.2) is 23.3 Å². The molecule has 1 aromatic heterocycles. The summed E-state index contributed by atoms with van der Waals surface area (Å²) in [6, 6.07) is 7.98. The van der Waals surface area contributed by atoms with Crippen molar-refractivity contribution in [2.75, 3.05) is 18.5 Å². The number of rotatable bonds is 7. The number of hydrogen-bond donors (Lipinski definition) is 2. The third-order valence-corrected chi connectivity index (χ3v) is 2.39. The molecule has 0 bridgehead atoms. The van der Waals surface area contributed by atoms with E-state index in [1.54, 1.807) is 0 Å². The third-order valence-electron chi connectivity index (χ3n) is 2.39. The third kappa shape index (κ3) is 3.96. The minimum atomic E-state index is 0.376. The highest BCUT2D eigenvalue weighted by Crippen LogP contribution is 2.20. The molecule has 0 saturated carbocycles. The van der Waals surface area contributed by atoms with Crippen LogP contribution < -0.4 is 15.4 Å². The Morgan fingerprint density at radius 2 is 2.16 bits per heavy atom. The van der Waals surface area contributed by atoms with Crippen LogP contribution in [0.15, 0.2) is 28.7 Å². The summed E-state index contributed by atoms with van der Waals surface area (Å²) in [5, 5.41) is 14.0. The standard InChI is InChI=1S/C13H18N4O2/c1-3-14-9-12-16-17-13(19-12)15-10-6-5-7-11(8-10)18-4-2/h5-8,14H,3-4,9H2,1-2H3,(H,15,17). The van der Waals surface area contributed by atoms with Crippen molar-refractivity contribution in [2.45, 2.75) is 20.4 Å². The Morgan fingerprint density at radius 3 is 2.95 bits per heavy atom. The zero-order chi connectivity index (χ0) is 13.5. The van der Waals surface area contributed by atoms with Gasteiger partial charge in [0.1, 0.15) is 5.75 Å². The lowest BCUT2D eigenvalue weighted by molar-refractivity contribution is 0.340. The molecule has 1 heterocycles. The van der Waals surface area contributed by atoms with E-state index in [4.69, 9.17) is 9.15 Å². The van der Waals surface area contributed by atoms with Crippen LogP contribution in [-0.2, 0) is 6.54 Å². The molecule has 1 aromatic carbocycles. The Balaban J connectivity index is 2.00. The summed E-state index contributed by atoms with van der Waals surface area (Å²) >= 11 is 0. The Labute approximate surface area is 112 Å². The van der Waals surface area contributed by atoms with Crippen molar-refractivity contribution >= 4 is 11.7 Å². The Morgan fingerprint density at radius 1 is 1.26 bits per heavy atom. The van der Waals surface area contributed by atoms with E-state index in [9.17, 15) is 0 Å². The van der Waals surface area contributed by atoms with Gasteiger partial charge in [0.25, 0.3) is 0 Å². The van der Waals surface area contributed by atoms with Gasteiger partial charge in [-0.25, -0.2) is 0 Å². The van der Waals surface area contributed by atoms with E-state index in [0.29, 0.717) is 25.1 Å². The highest BCUT2D eigenvalue weighted by molar-refractivity contribution is 5.54. The number of nitrogens with zero attached hydrogens (tertiary/aromatic N) is 2. The van der Waals surface area contributed by atoms with Gasteiger partial charge in [-0.1, -0.05) is 18.1 Å². The first kappa shape index (κ1) is 13.4. The fourth-order valence-electron chi connectivity index (χ4n) is 1.56. The summed E-state index contributed by atoms with van der Waals surface area (Å²) in [4.78, 5) is 0. The molecule has 2 N–H and O–H groups in total. The minimum absolute atomic E-state index is 0.376. The van der Waals surface area contributed by atoms with Crippen LogP contribution in [0.2, 0.25) is 0 Å². The summed E-state index contributed by atoms with van der Waals surface area (Å²) < 4.78 is 10.9. The molecule has 0 aliphatic rings. The molecular formula is C13H18N4O2. The normalized spacial score (nSPS) is 10.4. The molecule has 2 rings (SSSR count). The lowest BCUT2D eigenvalue weighted by Crippen LogP contribution is -2.11. The highest BCUT2D eigenvalue weighted by atomic mass is 16.5. The molecule has 0 amide bonds. The van der Waals surface area contributed by atoms with Crippen LogP contribution in [0.25, 0.3) is 0 Å². The number of anilines is 2. The number of nitrogens with one attached hydrogen (secondary N) is 2. The second-order valence-electron chi connectivity index (χ2n) is 3.87. The number of benzene rings is 1. The second-order valence-corrected chi connectivity index (χ2v) is 3.87. The maximum atomic E-state index is 5.45.